The van der Waals surface area contributed by atoms with Crippen LogP contribution in [-0.4, -0.2) is 42.7 Å². The Kier molecular flexibility index (Phi) is 9.02. The zero-order valence-corrected chi connectivity index (χ0v) is 14.1. The Bertz CT molecular complexity index is 380. The maximum absolute atomic E-state index is 5.69. The fourth-order valence-corrected chi connectivity index (χ4v) is 2.41. The lowest BCUT2D eigenvalue weighted by Crippen LogP contribution is -2.29. The molecule has 1 unspecified atom stereocenters. The van der Waals surface area contributed by atoms with Crippen molar-refractivity contribution in [2.75, 3.05) is 32.8 Å². The van der Waals surface area contributed by atoms with Gasteiger partial charge in [0.25, 0.3) is 0 Å². The van der Waals surface area contributed by atoms with Crippen LogP contribution in [0.15, 0.2) is 18.5 Å². The summed E-state index contributed by atoms with van der Waals surface area (Å²) < 4.78 is 5.69. The van der Waals surface area contributed by atoms with Crippen molar-refractivity contribution < 1.29 is 4.74 Å². The van der Waals surface area contributed by atoms with Crippen LogP contribution < -0.4 is 10.1 Å². The number of hydrogen-bond donors (Lipinski definition) is 1. The van der Waals surface area contributed by atoms with Crippen LogP contribution in [0.1, 0.15) is 52.1 Å². The molecule has 21 heavy (non-hydrogen) atoms. The highest BCUT2D eigenvalue weighted by molar-refractivity contribution is 5.26. The van der Waals surface area contributed by atoms with Gasteiger partial charge in [-0.25, -0.2) is 0 Å². The molecular weight excluding hydrogens is 262 g/mol. The molecule has 4 heteroatoms. The Hall–Kier alpha value is -1.13. The molecule has 0 saturated heterocycles. The quantitative estimate of drug-likeness (QED) is 0.679. The number of pyridine rings is 1. The molecule has 1 rings (SSSR count). The maximum atomic E-state index is 5.69. The lowest BCUT2D eigenvalue weighted by molar-refractivity contribution is 0.281. The van der Waals surface area contributed by atoms with Crippen molar-refractivity contribution in [2.45, 2.75) is 46.6 Å². The van der Waals surface area contributed by atoms with Crippen LogP contribution in [0.5, 0.6) is 5.75 Å². The Morgan fingerprint density at radius 1 is 1.19 bits per heavy atom. The Morgan fingerprint density at radius 2 is 1.95 bits per heavy atom. The van der Waals surface area contributed by atoms with Gasteiger partial charge in [-0.15, -0.1) is 0 Å². The van der Waals surface area contributed by atoms with Crippen molar-refractivity contribution in [3.8, 4) is 5.75 Å². The first kappa shape index (κ1) is 17.9. The smallest absolute Gasteiger partial charge is 0.137 e. The molecule has 0 radical (unpaired) electrons. The van der Waals surface area contributed by atoms with Gasteiger partial charge in [0.2, 0.25) is 0 Å². The van der Waals surface area contributed by atoms with Gasteiger partial charge in [0.1, 0.15) is 5.75 Å². The molecule has 1 aromatic heterocycles. The van der Waals surface area contributed by atoms with Crippen molar-refractivity contribution >= 4 is 0 Å². The van der Waals surface area contributed by atoms with Gasteiger partial charge in [0.05, 0.1) is 12.8 Å². The van der Waals surface area contributed by atoms with E-state index in [0.717, 1.165) is 51.4 Å². The molecular formula is C17H31N3O. The molecule has 1 heterocycles. The molecule has 1 N–H and O–H groups in total. The summed E-state index contributed by atoms with van der Waals surface area (Å²) in [4.78, 5) is 6.78. The lowest BCUT2D eigenvalue weighted by atomic mass is 10.1. The molecule has 0 aliphatic rings. The molecule has 0 spiro atoms. The molecule has 0 amide bonds. The first-order chi connectivity index (χ1) is 10.2. The van der Waals surface area contributed by atoms with E-state index in [1.165, 1.54) is 5.56 Å². The second kappa shape index (κ2) is 10.6. The monoisotopic (exact) mass is 293 g/mol. The molecule has 0 saturated carbocycles. The number of hydrogen-bond acceptors (Lipinski definition) is 4. The van der Waals surface area contributed by atoms with Crippen LogP contribution in [0.2, 0.25) is 0 Å². The number of aromatic nitrogens is 1. The van der Waals surface area contributed by atoms with E-state index < -0.39 is 0 Å². The standard InChI is InChI=1S/C17H31N3O/c1-5-11-21-16-12-15(13-18-14-16)17(19-6-2)9-10-20(7-3)8-4/h12-14,17,19H,5-11H2,1-4H3. The lowest BCUT2D eigenvalue weighted by Gasteiger charge is -2.23. The van der Waals surface area contributed by atoms with Crippen molar-refractivity contribution in [2.24, 2.45) is 0 Å². The van der Waals surface area contributed by atoms with E-state index in [1.54, 1.807) is 6.20 Å². The summed E-state index contributed by atoms with van der Waals surface area (Å²) in [5, 5.41) is 3.56. The highest BCUT2D eigenvalue weighted by atomic mass is 16.5. The minimum absolute atomic E-state index is 0.341. The number of rotatable bonds is 11. The summed E-state index contributed by atoms with van der Waals surface area (Å²) >= 11 is 0. The van der Waals surface area contributed by atoms with E-state index in [1.807, 2.05) is 6.20 Å². The summed E-state index contributed by atoms with van der Waals surface area (Å²) in [7, 11) is 0. The third kappa shape index (κ3) is 6.44. The predicted octanol–water partition coefficient (Wildman–Crippen LogP) is 3.25. The van der Waals surface area contributed by atoms with Crippen LogP contribution in [0.4, 0.5) is 0 Å². The molecule has 0 fully saturated rings. The first-order valence-electron chi connectivity index (χ1n) is 8.28. The van der Waals surface area contributed by atoms with Gasteiger partial charge in [-0.05, 0) is 50.7 Å². The Labute approximate surface area is 129 Å². The highest BCUT2D eigenvalue weighted by Crippen LogP contribution is 2.21. The molecule has 4 nitrogen and oxygen atoms in total. The Morgan fingerprint density at radius 3 is 2.57 bits per heavy atom. The predicted molar refractivity (Wildman–Crippen MR) is 88.8 cm³/mol. The van der Waals surface area contributed by atoms with Gasteiger partial charge in [-0.2, -0.15) is 0 Å². The van der Waals surface area contributed by atoms with Crippen molar-refractivity contribution in [1.82, 2.24) is 15.2 Å². The molecule has 0 bridgehead atoms. The topological polar surface area (TPSA) is 37.4 Å². The van der Waals surface area contributed by atoms with Gasteiger partial charge in [0, 0.05) is 12.2 Å². The van der Waals surface area contributed by atoms with Gasteiger partial charge in [-0.1, -0.05) is 27.7 Å². The van der Waals surface area contributed by atoms with E-state index in [2.05, 4.69) is 49.0 Å². The molecule has 120 valence electrons. The largest absolute Gasteiger partial charge is 0.492 e. The van der Waals surface area contributed by atoms with E-state index in [0.29, 0.717) is 6.04 Å². The van der Waals surface area contributed by atoms with Crippen LogP contribution in [-0.2, 0) is 0 Å². The van der Waals surface area contributed by atoms with E-state index in [4.69, 9.17) is 4.74 Å². The molecule has 0 aliphatic carbocycles. The van der Waals surface area contributed by atoms with Crippen molar-refractivity contribution in [1.29, 1.82) is 0 Å². The molecule has 1 atom stereocenters. The van der Waals surface area contributed by atoms with E-state index >= 15 is 0 Å². The van der Waals surface area contributed by atoms with Crippen LogP contribution in [0.25, 0.3) is 0 Å². The normalized spacial score (nSPS) is 12.6. The van der Waals surface area contributed by atoms with Crippen LogP contribution in [0.3, 0.4) is 0 Å². The Balaban J connectivity index is 2.70. The maximum Gasteiger partial charge on any atom is 0.137 e. The minimum atomic E-state index is 0.341. The van der Waals surface area contributed by atoms with Gasteiger partial charge in [-0.3, -0.25) is 4.98 Å². The first-order valence-corrected chi connectivity index (χ1v) is 8.28. The molecule has 0 aromatic carbocycles. The molecule has 1 aromatic rings. The van der Waals surface area contributed by atoms with Crippen LogP contribution >= 0.6 is 0 Å². The van der Waals surface area contributed by atoms with Gasteiger partial charge < -0.3 is 15.0 Å². The van der Waals surface area contributed by atoms with Gasteiger partial charge in [0.15, 0.2) is 0 Å². The summed E-state index contributed by atoms with van der Waals surface area (Å²) in [5.74, 6) is 0.875. The van der Waals surface area contributed by atoms with E-state index in [-0.39, 0.29) is 0 Å². The summed E-state index contributed by atoms with van der Waals surface area (Å²) in [6.45, 7) is 13.7. The van der Waals surface area contributed by atoms with Gasteiger partial charge >= 0.3 is 0 Å². The minimum Gasteiger partial charge on any atom is -0.492 e. The number of nitrogens with zero attached hydrogens (tertiary/aromatic N) is 2. The highest BCUT2D eigenvalue weighted by Gasteiger charge is 2.13. The van der Waals surface area contributed by atoms with Crippen molar-refractivity contribution in [3.05, 3.63) is 24.0 Å². The zero-order valence-electron chi connectivity index (χ0n) is 14.1. The third-order valence-corrected chi connectivity index (χ3v) is 3.69. The fourth-order valence-electron chi connectivity index (χ4n) is 2.41. The summed E-state index contributed by atoms with van der Waals surface area (Å²) in [6.07, 6.45) is 5.86. The van der Waals surface area contributed by atoms with E-state index in [9.17, 15) is 0 Å². The number of nitrogens with one attached hydrogen (secondary N) is 1. The second-order valence-electron chi connectivity index (χ2n) is 5.23. The SMILES string of the molecule is CCCOc1cncc(C(CCN(CC)CC)NCC)c1. The molecule has 0 aliphatic heterocycles. The number of ether oxygens (including phenoxy) is 1. The van der Waals surface area contributed by atoms with Crippen molar-refractivity contribution in [3.63, 3.8) is 0 Å². The summed E-state index contributed by atoms with van der Waals surface area (Å²) in [6, 6.07) is 2.46. The third-order valence-electron chi connectivity index (χ3n) is 3.69. The zero-order chi connectivity index (χ0) is 15.5. The summed E-state index contributed by atoms with van der Waals surface area (Å²) in [5.41, 5.74) is 1.22. The fraction of sp³-hybridized carbons (Fsp3) is 0.706. The van der Waals surface area contributed by atoms with Crippen LogP contribution in [0, 0.1) is 0 Å². The second-order valence-corrected chi connectivity index (χ2v) is 5.23. The average molecular weight is 293 g/mol. The average Bonchev–Trinajstić information content (AvgIpc) is 2.53.